The maximum Gasteiger partial charge on any atom is 0.168 e. The third kappa shape index (κ3) is 3.19. The molecule has 17 heavy (non-hydrogen) atoms. The highest BCUT2D eigenvalue weighted by Crippen LogP contribution is 2.29. The molecule has 0 radical (unpaired) electrons. The van der Waals surface area contributed by atoms with Crippen molar-refractivity contribution in [3.8, 4) is 5.75 Å². The van der Waals surface area contributed by atoms with Gasteiger partial charge in [0.05, 0.1) is 13.2 Å². The second-order valence-electron chi connectivity index (χ2n) is 5.00. The zero-order chi connectivity index (χ0) is 13.1. The fourth-order valence-corrected chi connectivity index (χ4v) is 1.59. The molecule has 1 unspecified atom stereocenters. The van der Waals surface area contributed by atoms with E-state index in [1.807, 2.05) is 20.8 Å². The molecule has 0 spiro atoms. The topological polar surface area (TPSA) is 29.5 Å². The Morgan fingerprint density at radius 2 is 2.06 bits per heavy atom. The number of aliphatic hydroxyl groups excluding tert-OH is 1. The Balaban J connectivity index is 2.89. The van der Waals surface area contributed by atoms with Crippen LogP contribution in [-0.2, 0) is 6.42 Å². The van der Waals surface area contributed by atoms with Crippen molar-refractivity contribution in [1.29, 1.82) is 0 Å². The first-order valence-corrected chi connectivity index (χ1v) is 5.91. The molecule has 0 amide bonds. The minimum atomic E-state index is -0.561. The number of hydrogen-bond acceptors (Lipinski definition) is 2. The van der Waals surface area contributed by atoms with Crippen molar-refractivity contribution >= 4 is 0 Å². The summed E-state index contributed by atoms with van der Waals surface area (Å²) in [6.07, 6.45) is 0.595. The Bertz CT molecular complexity index is 374. The van der Waals surface area contributed by atoms with Crippen LogP contribution in [0.4, 0.5) is 4.39 Å². The molecule has 1 atom stereocenters. The van der Waals surface area contributed by atoms with E-state index in [4.69, 9.17) is 4.74 Å². The lowest BCUT2D eigenvalue weighted by Gasteiger charge is -2.29. The predicted molar refractivity (Wildman–Crippen MR) is 66.7 cm³/mol. The predicted octanol–water partition coefficient (Wildman–Crippen LogP) is 3.17. The lowest BCUT2D eigenvalue weighted by Crippen LogP contribution is -2.30. The molecule has 96 valence electrons. The second-order valence-corrected chi connectivity index (χ2v) is 5.00. The van der Waals surface area contributed by atoms with E-state index >= 15 is 0 Å². The summed E-state index contributed by atoms with van der Waals surface area (Å²) in [5.41, 5.74) is 0.286. The van der Waals surface area contributed by atoms with E-state index in [1.165, 1.54) is 7.11 Å². The van der Waals surface area contributed by atoms with Gasteiger partial charge in [0.15, 0.2) is 11.6 Å². The molecule has 1 aromatic rings. The van der Waals surface area contributed by atoms with E-state index in [0.717, 1.165) is 6.42 Å². The number of hydrogen-bond donors (Lipinski definition) is 1. The summed E-state index contributed by atoms with van der Waals surface area (Å²) in [4.78, 5) is 0. The quantitative estimate of drug-likeness (QED) is 0.856. The minimum absolute atomic E-state index is 0.213. The molecule has 0 heterocycles. The molecule has 0 aliphatic heterocycles. The van der Waals surface area contributed by atoms with Crippen molar-refractivity contribution in [1.82, 2.24) is 0 Å². The van der Waals surface area contributed by atoms with Gasteiger partial charge in [-0.3, -0.25) is 0 Å². The number of halogens is 1. The van der Waals surface area contributed by atoms with Crippen LogP contribution in [-0.4, -0.2) is 18.3 Å². The fraction of sp³-hybridized carbons (Fsp3) is 0.571. The molecule has 0 aromatic heterocycles. The third-order valence-electron chi connectivity index (χ3n) is 3.49. The van der Waals surface area contributed by atoms with Crippen LogP contribution in [0.5, 0.6) is 5.75 Å². The maximum atomic E-state index is 13.9. The largest absolute Gasteiger partial charge is 0.494 e. The molecule has 1 aromatic carbocycles. The maximum absolute atomic E-state index is 13.9. The van der Waals surface area contributed by atoms with Gasteiger partial charge in [0.1, 0.15) is 0 Å². The average Bonchev–Trinajstić information content (AvgIpc) is 2.31. The van der Waals surface area contributed by atoms with Gasteiger partial charge in [0.25, 0.3) is 0 Å². The Morgan fingerprint density at radius 1 is 1.41 bits per heavy atom. The standard InChI is InChI=1S/C14H21FO2/c1-5-14(2,3)12(16)9-10-7-6-8-11(17-4)13(10)15/h6-8,12,16H,5,9H2,1-4H3. The summed E-state index contributed by atoms with van der Waals surface area (Å²) in [7, 11) is 1.44. The van der Waals surface area contributed by atoms with E-state index in [-0.39, 0.29) is 17.0 Å². The van der Waals surface area contributed by atoms with Gasteiger partial charge >= 0.3 is 0 Å². The van der Waals surface area contributed by atoms with Crippen LogP contribution in [0.25, 0.3) is 0 Å². The second kappa shape index (κ2) is 5.50. The summed E-state index contributed by atoms with van der Waals surface area (Å²) in [5.74, 6) is -0.148. The van der Waals surface area contributed by atoms with Crippen LogP contribution in [0.1, 0.15) is 32.8 Å². The molecule has 0 saturated carbocycles. The smallest absolute Gasteiger partial charge is 0.168 e. The normalized spacial score (nSPS) is 13.5. The third-order valence-corrected chi connectivity index (χ3v) is 3.49. The first-order valence-electron chi connectivity index (χ1n) is 5.91. The molecule has 1 N–H and O–H groups in total. The number of methoxy groups -OCH3 is 1. The van der Waals surface area contributed by atoms with Crippen molar-refractivity contribution < 1.29 is 14.2 Å². The van der Waals surface area contributed by atoms with E-state index in [2.05, 4.69) is 0 Å². The monoisotopic (exact) mass is 240 g/mol. The van der Waals surface area contributed by atoms with Crippen LogP contribution >= 0.6 is 0 Å². The van der Waals surface area contributed by atoms with Crippen LogP contribution in [0.2, 0.25) is 0 Å². The number of ether oxygens (including phenoxy) is 1. The van der Waals surface area contributed by atoms with Crippen molar-refractivity contribution in [2.24, 2.45) is 5.41 Å². The molecule has 1 rings (SSSR count). The Kier molecular flexibility index (Phi) is 4.52. The van der Waals surface area contributed by atoms with Crippen LogP contribution in [0.3, 0.4) is 0 Å². The first-order chi connectivity index (χ1) is 7.92. The average molecular weight is 240 g/mol. The fourth-order valence-electron chi connectivity index (χ4n) is 1.59. The van der Waals surface area contributed by atoms with Crippen molar-refractivity contribution in [3.63, 3.8) is 0 Å². The van der Waals surface area contributed by atoms with Gasteiger partial charge in [0, 0.05) is 6.42 Å². The number of rotatable bonds is 5. The zero-order valence-electron chi connectivity index (χ0n) is 11.0. The zero-order valence-corrected chi connectivity index (χ0v) is 11.0. The van der Waals surface area contributed by atoms with Crippen LogP contribution in [0, 0.1) is 11.2 Å². The molecule has 2 nitrogen and oxygen atoms in total. The molecule has 0 aliphatic rings. The van der Waals surface area contributed by atoms with Gasteiger partial charge in [-0.1, -0.05) is 32.9 Å². The van der Waals surface area contributed by atoms with Gasteiger partial charge in [0.2, 0.25) is 0 Å². The van der Waals surface area contributed by atoms with Gasteiger partial charge in [-0.25, -0.2) is 4.39 Å². The van der Waals surface area contributed by atoms with Gasteiger partial charge in [-0.2, -0.15) is 0 Å². The number of aliphatic hydroxyl groups is 1. The molecular weight excluding hydrogens is 219 g/mol. The lowest BCUT2D eigenvalue weighted by atomic mass is 9.81. The van der Waals surface area contributed by atoms with Gasteiger partial charge in [-0.15, -0.1) is 0 Å². The highest BCUT2D eigenvalue weighted by Gasteiger charge is 2.27. The molecule has 0 fully saturated rings. The molecule has 0 saturated heterocycles. The van der Waals surface area contributed by atoms with Gasteiger partial charge < -0.3 is 9.84 Å². The summed E-state index contributed by atoms with van der Waals surface area (Å²) in [6.45, 7) is 5.98. The highest BCUT2D eigenvalue weighted by atomic mass is 19.1. The Hall–Kier alpha value is -1.09. The van der Waals surface area contributed by atoms with Crippen LogP contribution in [0.15, 0.2) is 18.2 Å². The summed E-state index contributed by atoms with van der Waals surface area (Å²) < 4.78 is 18.8. The van der Waals surface area contributed by atoms with E-state index in [1.54, 1.807) is 18.2 Å². The molecule has 0 aliphatic carbocycles. The Labute approximate surface area is 102 Å². The number of benzene rings is 1. The van der Waals surface area contributed by atoms with Crippen molar-refractivity contribution in [2.75, 3.05) is 7.11 Å². The summed E-state index contributed by atoms with van der Waals surface area (Å²) >= 11 is 0. The minimum Gasteiger partial charge on any atom is -0.494 e. The SMILES string of the molecule is CCC(C)(C)C(O)Cc1cccc(OC)c1F. The lowest BCUT2D eigenvalue weighted by molar-refractivity contribution is 0.0472. The van der Waals surface area contributed by atoms with Crippen molar-refractivity contribution in [2.45, 2.75) is 39.7 Å². The highest BCUT2D eigenvalue weighted by molar-refractivity contribution is 5.31. The first kappa shape index (κ1) is 14.0. The summed E-state index contributed by atoms with van der Waals surface area (Å²) in [6, 6.07) is 5.01. The summed E-state index contributed by atoms with van der Waals surface area (Å²) in [5, 5.41) is 10.1. The molecule has 0 bridgehead atoms. The van der Waals surface area contributed by atoms with Crippen LogP contribution < -0.4 is 4.74 Å². The van der Waals surface area contributed by atoms with E-state index in [9.17, 15) is 9.50 Å². The van der Waals surface area contributed by atoms with E-state index in [0.29, 0.717) is 12.0 Å². The molecular formula is C14H21FO2. The van der Waals surface area contributed by atoms with Gasteiger partial charge in [-0.05, 0) is 23.5 Å². The Morgan fingerprint density at radius 3 is 2.59 bits per heavy atom. The van der Waals surface area contributed by atoms with Crippen molar-refractivity contribution in [3.05, 3.63) is 29.6 Å². The molecule has 3 heteroatoms. The van der Waals surface area contributed by atoms with E-state index < -0.39 is 6.10 Å².